The summed E-state index contributed by atoms with van der Waals surface area (Å²) < 4.78 is 0. The Hall–Kier alpha value is -1.35. The van der Waals surface area contributed by atoms with Crippen LogP contribution in [-0.4, -0.2) is 29.4 Å². The number of nitrogens with one attached hydrogen (secondary N) is 1. The fourth-order valence-electron chi connectivity index (χ4n) is 2.10. The summed E-state index contributed by atoms with van der Waals surface area (Å²) in [6.07, 6.45) is 0. The van der Waals surface area contributed by atoms with Gasteiger partial charge in [-0.2, -0.15) is 0 Å². The second-order valence-corrected chi connectivity index (χ2v) is 4.50. The molecule has 1 aromatic carbocycles. The molecule has 3 heteroatoms. The van der Waals surface area contributed by atoms with E-state index in [2.05, 4.69) is 22.3 Å². The van der Waals surface area contributed by atoms with Crippen LogP contribution in [0.4, 0.5) is 0 Å². The lowest BCUT2D eigenvalue weighted by Crippen LogP contribution is -2.57. The van der Waals surface area contributed by atoms with E-state index in [0.717, 1.165) is 13.1 Å². The van der Waals surface area contributed by atoms with Crippen molar-refractivity contribution in [2.75, 3.05) is 6.54 Å². The summed E-state index contributed by atoms with van der Waals surface area (Å²) in [7, 11) is 0. The first-order valence-corrected chi connectivity index (χ1v) is 5.75. The predicted molar refractivity (Wildman–Crippen MR) is 63.9 cm³/mol. The molecule has 86 valence electrons. The molecule has 2 atom stereocenters. The average Bonchev–Trinajstić information content (AvgIpc) is 2.27. The number of carbonyl (C=O) groups excluding carboxylic acids is 1. The van der Waals surface area contributed by atoms with Gasteiger partial charge in [0, 0.05) is 19.1 Å². The number of benzene rings is 1. The van der Waals surface area contributed by atoms with Gasteiger partial charge in [0.2, 0.25) is 5.91 Å². The molecule has 0 spiro atoms. The van der Waals surface area contributed by atoms with E-state index >= 15 is 0 Å². The van der Waals surface area contributed by atoms with Crippen molar-refractivity contribution in [1.82, 2.24) is 10.2 Å². The van der Waals surface area contributed by atoms with Crippen molar-refractivity contribution < 1.29 is 4.79 Å². The molecule has 1 fully saturated rings. The van der Waals surface area contributed by atoms with E-state index in [1.807, 2.05) is 32.0 Å². The van der Waals surface area contributed by atoms with Crippen molar-refractivity contribution in [3.8, 4) is 0 Å². The Bertz CT molecular complexity index is 363. The van der Waals surface area contributed by atoms with Crippen LogP contribution in [0.15, 0.2) is 30.3 Å². The summed E-state index contributed by atoms with van der Waals surface area (Å²) in [5, 5.41) is 2.96. The Morgan fingerprint density at radius 3 is 2.69 bits per heavy atom. The lowest BCUT2D eigenvalue weighted by Gasteiger charge is -2.36. The number of carbonyl (C=O) groups is 1. The highest BCUT2D eigenvalue weighted by Gasteiger charge is 2.28. The van der Waals surface area contributed by atoms with Crippen LogP contribution in [0.25, 0.3) is 0 Å². The van der Waals surface area contributed by atoms with Crippen molar-refractivity contribution in [1.29, 1.82) is 0 Å². The van der Waals surface area contributed by atoms with Gasteiger partial charge in [0.15, 0.2) is 0 Å². The van der Waals surface area contributed by atoms with Crippen LogP contribution < -0.4 is 5.32 Å². The fraction of sp³-hybridized carbons (Fsp3) is 0.462. The molecule has 0 aromatic heterocycles. The normalized spacial score (nSPS) is 26.5. The van der Waals surface area contributed by atoms with Crippen LogP contribution in [0, 0.1) is 0 Å². The van der Waals surface area contributed by atoms with E-state index in [1.54, 1.807) is 0 Å². The highest BCUT2D eigenvalue weighted by molar-refractivity contribution is 5.82. The number of rotatable bonds is 2. The Labute approximate surface area is 96.5 Å². The van der Waals surface area contributed by atoms with Gasteiger partial charge >= 0.3 is 0 Å². The van der Waals surface area contributed by atoms with Gasteiger partial charge < -0.3 is 5.32 Å². The molecule has 1 amide bonds. The molecule has 1 aliphatic rings. The van der Waals surface area contributed by atoms with Gasteiger partial charge in [0.1, 0.15) is 0 Å². The van der Waals surface area contributed by atoms with E-state index in [4.69, 9.17) is 0 Å². The number of hydrogen-bond donors (Lipinski definition) is 1. The van der Waals surface area contributed by atoms with Crippen LogP contribution in [0.3, 0.4) is 0 Å². The minimum Gasteiger partial charge on any atom is -0.351 e. The summed E-state index contributed by atoms with van der Waals surface area (Å²) in [6.45, 7) is 5.77. The van der Waals surface area contributed by atoms with Crippen LogP contribution >= 0.6 is 0 Å². The fourth-order valence-corrected chi connectivity index (χ4v) is 2.10. The first-order valence-electron chi connectivity index (χ1n) is 5.75. The topological polar surface area (TPSA) is 32.3 Å². The van der Waals surface area contributed by atoms with Gasteiger partial charge in [-0.15, -0.1) is 0 Å². The van der Waals surface area contributed by atoms with Gasteiger partial charge in [0.25, 0.3) is 0 Å². The third-order valence-electron chi connectivity index (χ3n) is 3.05. The lowest BCUT2D eigenvalue weighted by atomic mass is 10.1. The Kier molecular flexibility index (Phi) is 3.25. The molecule has 3 nitrogen and oxygen atoms in total. The molecule has 16 heavy (non-hydrogen) atoms. The molecule has 0 radical (unpaired) electrons. The molecule has 1 aliphatic heterocycles. The molecule has 2 rings (SSSR count). The summed E-state index contributed by atoms with van der Waals surface area (Å²) in [6, 6.07) is 10.5. The van der Waals surface area contributed by atoms with Crippen LogP contribution in [0.2, 0.25) is 0 Å². The van der Waals surface area contributed by atoms with Crippen molar-refractivity contribution >= 4 is 5.91 Å². The summed E-state index contributed by atoms with van der Waals surface area (Å²) >= 11 is 0. The minimum absolute atomic E-state index is 0.0311. The minimum atomic E-state index is -0.0311. The molecule has 0 saturated carbocycles. The number of amides is 1. The molecule has 1 saturated heterocycles. The Balaban J connectivity index is 2.06. The zero-order valence-corrected chi connectivity index (χ0v) is 9.81. The lowest BCUT2D eigenvalue weighted by molar-refractivity contribution is -0.130. The summed E-state index contributed by atoms with van der Waals surface area (Å²) in [5.41, 5.74) is 1.26. The van der Waals surface area contributed by atoms with Crippen LogP contribution in [0.5, 0.6) is 0 Å². The van der Waals surface area contributed by atoms with E-state index in [9.17, 15) is 4.79 Å². The van der Waals surface area contributed by atoms with Gasteiger partial charge in [-0.25, -0.2) is 0 Å². The molecule has 1 heterocycles. The van der Waals surface area contributed by atoms with Gasteiger partial charge in [-0.1, -0.05) is 30.3 Å². The summed E-state index contributed by atoms with van der Waals surface area (Å²) in [5.74, 6) is 0.134. The van der Waals surface area contributed by atoms with E-state index in [0.29, 0.717) is 0 Å². The van der Waals surface area contributed by atoms with E-state index in [-0.39, 0.29) is 18.0 Å². The molecule has 2 unspecified atom stereocenters. The maximum Gasteiger partial charge on any atom is 0.237 e. The van der Waals surface area contributed by atoms with Crippen molar-refractivity contribution in [2.24, 2.45) is 0 Å². The monoisotopic (exact) mass is 218 g/mol. The van der Waals surface area contributed by atoms with Crippen molar-refractivity contribution in [3.63, 3.8) is 0 Å². The van der Waals surface area contributed by atoms with Crippen LogP contribution in [-0.2, 0) is 11.3 Å². The predicted octanol–water partition coefficient (Wildman–Crippen LogP) is 1.40. The highest BCUT2D eigenvalue weighted by Crippen LogP contribution is 2.12. The van der Waals surface area contributed by atoms with Crippen molar-refractivity contribution in [2.45, 2.75) is 32.5 Å². The highest BCUT2D eigenvalue weighted by atomic mass is 16.2. The average molecular weight is 218 g/mol. The standard InChI is InChI=1S/C13H18N2O/c1-10-8-15(11(2)13(16)14-10)9-12-6-4-3-5-7-12/h3-7,10-11H,8-9H2,1-2H3,(H,14,16). The molecule has 0 bridgehead atoms. The van der Waals surface area contributed by atoms with Crippen molar-refractivity contribution in [3.05, 3.63) is 35.9 Å². The van der Waals surface area contributed by atoms with Gasteiger partial charge in [0.05, 0.1) is 6.04 Å². The number of hydrogen-bond acceptors (Lipinski definition) is 2. The maximum absolute atomic E-state index is 11.7. The van der Waals surface area contributed by atoms with Crippen LogP contribution in [0.1, 0.15) is 19.4 Å². The second kappa shape index (κ2) is 4.66. The maximum atomic E-state index is 11.7. The number of piperazine rings is 1. The third-order valence-corrected chi connectivity index (χ3v) is 3.05. The first kappa shape index (κ1) is 11.1. The first-order chi connectivity index (χ1) is 7.66. The zero-order chi connectivity index (χ0) is 11.5. The van der Waals surface area contributed by atoms with E-state index in [1.165, 1.54) is 5.56 Å². The molecule has 1 N–H and O–H groups in total. The zero-order valence-electron chi connectivity index (χ0n) is 9.81. The quantitative estimate of drug-likeness (QED) is 0.813. The van der Waals surface area contributed by atoms with E-state index < -0.39 is 0 Å². The molecular formula is C13H18N2O. The largest absolute Gasteiger partial charge is 0.351 e. The molecular weight excluding hydrogens is 200 g/mol. The second-order valence-electron chi connectivity index (χ2n) is 4.50. The molecule has 1 aromatic rings. The third kappa shape index (κ3) is 2.42. The number of nitrogens with zero attached hydrogens (tertiary/aromatic N) is 1. The Morgan fingerprint density at radius 2 is 2.00 bits per heavy atom. The van der Waals surface area contributed by atoms with Gasteiger partial charge in [-0.05, 0) is 19.4 Å². The molecule has 0 aliphatic carbocycles. The summed E-state index contributed by atoms with van der Waals surface area (Å²) in [4.78, 5) is 13.9. The Morgan fingerprint density at radius 1 is 1.31 bits per heavy atom. The smallest absolute Gasteiger partial charge is 0.237 e. The van der Waals surface area contributed by atoms with Gasteiger partial charge in [-0.3, -0.25) is 9.69 Å². The SMILES string of the molecule is CC1CN(Cc2ccccc2)C(C)C(=O)N1.